The molecule has 0 saturated carbocycles. The zero-order chi connectivity index (χ0) is 18.5. The van der Waals surface area contributed by atoms with E-state index in [4.69, 9.17) is 11.6 Å². The van der Waals surface area contributed by atoms with Gasteiger partial charge in [-0.05, 0) is 31.5 Å². The van der Waals surface area contributed by atoms with Crippen LogP contribution in [0, 0.1) is 6.92 Å². The fourth-order valence-corrected chi connectivity index (χ4v) is 4.33. The number of aromatic nitrogens is 4. The average Bonchev–Trinajstić information content (AvgIpc) is 3.19. The number of halogens is 1. The van der Waals surface area contributed by atoms with Gasteiger partial charge < -0.3 is 14.8 Å². The second-order valence-corrected chi connectivity index (χ2v) is 7.79. The number of amides is 2. The minimum absolute atomic E-state index is 0.00479. The Morgan fingerprint density at radius 1 is 1.30 bits per heavy atom. The first-order valence-corrected chi connectivity index (χ1v) is 9.68. The summed E-state index contributed by atoms with van der Waals surface area (Å²) >= 11 is 6.14. The molecule has 1 atom stereocenters. The van der Waals surface area contributed by atoms with Crippen molar-refractivity contribution in [2.75, 3.05) is 6.54 Å². The topological polar surface area (TPSA) is 68.0 Å². The second-order valence-electron chi connectivity index (χ2n) is 7.35. The minimum atomic E-state index is -0.00479. The van der Waals surface area contributed by atoms with Gasteiger partial charge in [0.2, 0.25) is 0 Å². The van der Waals surface area contributed by atoms with Crippen LogP contribution in [0.15, 0.2) is 24.3 Å². The molecule has 0 fully saturated rings. The van der Waals surface area contributed by atoms with Gasteiger partial charge in [-0.15, -0.1) is 0 Å². The Hall–Kier alpha value is -2.54. The van der Waals surface area contributed by atoms with Gasteiger partial charge in [0.25, 0.3) is 0 Å². The molecule has 0 radical (unpaired) electrons. The summed E-state index contributed by atoms with van der Waals surface area (Å²) in [5, 5.41) is 9.49. The molecule has 0 aliphatic carbocycles. The molecular formula is C19H21ClN6O. The first-order valence-electron chi connectivity index (χ1n) is 9.30. The first-order chi connectivity index (χ1) is 13.1. The summed E-state index contributed by atoms with van der Waals surface area (Å²) < 4.78 is 4.18. The Morgan fingerprint density at radius 3 is 3.07 bits per heavy atom. The van der Waals surface area contributed by atoms with Gasteiger partial charge in [-0.25, -0.2) is 14.5 Å². The van der Waals surface area contributed by atoms with Crippen molar-refractivity contribution in [1.82, 2.24) is 29.5 Å². The van der Waals surface area contributed by atoms with Gasteiger partial charge in [0.15, 0.2) is 0 Å². The third-order valence-corrected chi connectivity index (χ3v) is 5.71. The molecule has 1 aromatic carbocycles. The molecule has 2 aromatic heterocycles. The van der Waals surface area contributed by atoms with Crippen molar-refractivity contribution in [3.8, 4) is 0 Å². The number of urea groups is 1. The molecule has 0 bridgehead atoms. The highest BCUT2D eigenvalue weighted by atomic mass is 35.5. The van der Waals surface area contributed by atoms with Crippen molar-refractivity contribution in [2.45, 2.75) is 45.4 Å². The SMILES string of the molecule is Cc1nc2n(n1)CC(NC(=O)N1CCn3c(cc4ccc(Cl)cc43)C1)CC2. The highest BCUT2D eigenvalue weighted by Gasteiger charge is 2.27. The van der Waals surface area contributed by atoms with Gasteiger partial charge >= 0.3 is 6.03 Å². The third kappa shape index (κ3) is 2.96. The molecule has 27 heavy (non-hydrogen) atoms. The monoisotopic (exact) mass is 384 g/mol. The maximum Gasteiger partial charge on any atom is 0.318 e. The molecule has 1 unspecified atom stereocenters. The highest BCUT2D eigenvalue weighted by molar-refractivity contribution is 6.31. The second kappa shape index (κ2) is 6.27. The summed E-state index contributed by atoms with van der Waals surface area (Å²) in [7, 11) is 0. The quantitative estimate of drug-likeness (QED) is 0.701. The van der Waals surface area contributed by atoms with Crippen molar-refractivity contribution in [3.63, 3.8) is 0 Å². The molecule has 3 aromatic rings. The van der Waals surface area contributed by atoms with E-state index in [2.05, 4.69) is 26.0 Å². The van der Waals surface area contributed by atoms with Crippen LogP contribution in [0.4, 0.5) is 4.79 Å². The molecule has 0 spiro atoms. The van der Waals surface area contributed by atoms with Crippen LogP contribution in [0.5, 0.6) is 0 Å². The van der Waals surface area contributed by atoms with Crippen LogP contribution < -0.4 is 5.32 Å². The number of rotatable bonds is 1. The van der Waals surface area contributed by atoms with Crippen LogP contribution in [-0.2, 0) is 26.1 Å². The van der Waals surface area contributed by atoms with Crippen LogP contribution in [0.1, 0.15) is 23.8 Å². The highest BCUT2D eigenvalue weighted by Crippen LogP contribution is 2.26. The zero-order valence-electron chi connectivity index (χ0n) is 15.2. The standard InChI is InChI=1S/C19H21ClN6O/c1-12-21-18-5-4-15(10-26(18)23-12)22-19(27)24-6-7-25-16(11-24)8-13-2-3-14(20)9-17(13)25/h2-3,8-9,15H,4-7,10-11H2,1H3,(H,22,27). The summed E-state index contributed by atoms with van der Waals surface area (Å²) in [6.07, 6.45) is 1.75. The Bertz CT molecular complexity index is 1040. The van der Waals surface area contributed by atoms with Gasteiger partial charge in [-0.3, -0.25) is 0 Å². The lowest BCUT2D eigenvalue weighted by Crippen LogP contribution is -2.49. The van der Waals surface area contributed by atoms with Crippen LogP contribution in [-0.4, -0.2) is 42.8 Å². The summed E-state index contributed by atoms with van der Waals surface area (Å²) in [5.74, 6) is 1.81. The van der Waals surface area contributed by atoms with Gasteiger partial charge in [0.1, 0.15) is 11.6 Å². The molecule has 4 heterocycles. The first kappa shape index (κ1) is 16.6. The van der Waals surface area contributed by atoms with E-state index in [0.29, 0.717) is 19.6 Å². The lowest BCUT2D eigenvalue weighted by molar-refractivity contribution is 0.176. The van der Waals surface area contributed by atoms with E-state index >= 15 is 0 Å². The van der Waals surface area contributed by atoms with Gasteiger partial charge in [-0.2, -0.15) is 5.10 Å². The minimum Gasteiger partial charge on any atom is -0.341 e. The maximum absolute atomic E-state index is 12.8. The van der Waals surface area contributed by atoms with E-state index in [-0.39, 0.29) is 12.1 Å². The van der Waals surface area contributed by atoms with E-state index in [9.17, 15) is 4.79 Å². The molecule has 2 aliphatic rings. The molecule has 1 N–H and O–H groups in total. The fourth-order valence-electron chi connectivity index (χ4n) is 4.17. The number of nitrogens with zero attached hydrogens (tertiary/aromatic N) is 5. The molecule has 7 nitrogen and oxygen atoms in total. The Balaban J connectivity index is 1.29. The van der Waals surface area contributed by atoms with E-state index in [1.165, 1.54) is 0 Å². The van der Waals surface area contributed by atoms with Gasteiger partial charge in [-0.1, -0.05) is 17.7 Å². The normalized spacial score (nSPS) is 19.0. The predicted molar refractivity (Wildman–Crippen MR) is 103 cm³/mol. The lowest BCUT2D eigenvalue weighted by Gasteiger charge is -2.32. The molecule has 2 aliphatic heterocycles. The van der Waals surface area contributed by atoms with E-state index in [0.717, 1.165) is 52.7 Å². The van der Waals surface area contributed by atoms with Crippen molar-refractivity contribution in [1.29, 1.82) is 0 Å². The third-order valence-electron chi connectivity index (χ3n) is 5.48. The molecule has 2 amide bonds. The van der Waals surface area contributed by atoms with Crippen LogP contribution in [0.2, 0.25) is 5.02 Å². The number of benzene rings is 1. The van der Waals surface area contributed by atoms with Crippen LogP contribution in [0.25, 0.3) is 10.9 Å². The predicted octanol–water partition coefficient (Wildman–Crippen LogP) is 2.73. The van der Waals surface area contributed by atoms with Crippen LogP contribution in [0.3, 0.4) is 0 Å². The van der Waals surface area contributed by atoms with Gasteiger partial charge in [0, 0.05) is 41.1 Å². The summed E-state index contributed by atoms with van der Waals surface area (Å²) in [6.45, 7) is 4.67. The number of nitrogens with one attached hydrogen (secondary N) is 1. The number of carbonyl (C=O) groups is 1. The average molecular weight is 385 g/mol. The summed E-state index contributed by atoms with van der Waals surface area (Å²) in [6, 6.07) is 8.18. The lowest BCUT2D eigenvalue weighted by atomic mass is 10.1. The Kier molecular flexibility index (Phi) is 3.86. The number of hydrogen-bond donors (Lipinski definition) is 1. The number of fused-ring (bicyclic) bond motifs is 4. The largest absolute Gasteiger partial charge is 0.341 e. The number of carbonyl (C=O) groups excluding carboxylic acids is 1. The van der Waals surface area contributed by atoms with Crippen LogP contribution >= 0.6 is 11.6 Å². The molecular weight excluding hydrogens is 364 g/mol. The van der Waals surface area contributed by atoms with Crippen molar-refractivity contribution < 1.29 is 4.79 Å². The van der Waals surface area contributed by atoms with Crippen molar-refractivity contribution >= 4 is 28.5 Å². The molecule has 0 saturated heterocycles. The summed E-state index contributed by atoms with van der Waals surface area (Å²) in [5.41, 5.74) is 2.28. The van der Waals surface area contributed by atoms with Crippen molar-refractivity contribution in [3.05, 3.63) is 46.6 Å². The van der Waals surface area contributed by atoms with E-state index in [1.807, 2.05) is 34.7 Å². The Labute approximate surface area is 161 Å². The molecule has 5 rings (SSSR count). The molecule has 8 heteroatoms. The van der Waals surface area contributed by atoms with E-state index < -0.39 is 0 Å². The van der Waals surface area contributed by atoms with Crippen molar-refractivity contribution in [2.24, 2.45) is 0 Å². The van der Waals surface area contributed by atoms with E-state index in [1.54, 1.807) is 0 Å². The number of hydrogen-bond acceptors (Lipinski definition) is 3. The molecule has 140 valence electrons. The fraction of sp³-hybridized carbons (Fsp3) is 0.421. The maximum atomic E-state index is 12.8. The van der Waals surface area contributed by atoms with Gasteiger partial charge in [0.05, 0.1) is 19.1 Å². The Morgan fingerprint density at radius 2 is 2.19 bits per heavy atom. The zero-order valence-corrected chi connectivity index (χ0v) is 15.9. The summed E-state index contributed by atoms with van der Waals surface area (Å²) in [4.78, 5) is 19.1. The number of aryl methyl sites for hydroxylation is 2. The smallest absolute Gasteiger partial charge is 0.318 e.